The molecule has 0 saturated heterocycles. The lowest BCUT2D eigenvalue weighted by Gasteiger charge is -2.27. The minimum absolute atomic E-state index is 0.651. The Bertz CT molecular complexity index is 2540. The maximum atomic E-state index is 6.18. The fourth-order valence-electron chi connectivity index (χ4n) is 6.80. The van der Waals surface area contributed by atoms with E-state index < -0.39 is 0 Å². The van der Waals surface area contributed by atoms with E-state index in [2.05, 4.69) is 174 Å². The Hall–Kier alpha value is -6.45. The maximum absolute atomic E-state index is 6.18. The zero-order valence-corrected chi connectivity index (χ0v) is 26.1. The van der Waals surface area contributed by atoms with E-state index in [0.717, 1.165) is 44.2 Å². The Morgan fingerprint density at radius 2 is 0.979 bits per heavy atom. The highest BCUT2D eigenvalue weighted by Crippen LogP contribution is 2.43. The number of furan rings is 1. The molecule has 2 aromatic heterocycles. The van der Waals surface area contributed by atoms with Crippen LogP contribution in [0.3, 0.4) is 0 Å². The van der Waals surface area contributed by atoms with Crippen molar-refractivity contribution >= 4 is 49.9 Å². The van der Waals surface area contributed by atoms with E-state index in [9.17, 15) is 0 Å². The van der Waals surface area contributed by atoms with E-state index in [1.165, 1.54) is 33.4 Å². The molecule has 3 nitrogen and oxygen atoms in total. The van der Waals surface area contributed by atoms with Gasteiger partial charge >= 0.3 is 0 Å². The van der Waals surface area contributed by atoms with E-state index in [-0.39, 0.29) is 0 Å². The molecule has 0 atom stereocenters. The molecule has 0 unspecified atom stereocenters. The van der Waals surface area contributed by atoms with Crippen LogP contribution in [0, 0.1) is 0 Å². The van der Waals surface area contributed by atoms with E-state index >= 15 is 0 Å². The van der Waals surface area contributed by atoms with Gasteiger partial charge in [-0.05, 0) is 81.2 Å². The van der Waals surface area contributed by atoms with Gasteiger partial charge in [0.2, 0.25) is 5.71 Å². The molecule has 226 valence electrons. The standard InChI is InChI=1S/C45H30N2O/c1-4-12-31(13-5-1)32-20-23-36(24-21-32)47(37-25-22-35-30-46-45-44(42(35)29-37)40-18-10-11-19-43(40)48-45)38-26-27-39(33-14-6-2-7-15-33)41(28-38)34-16-8-3-9-17-34/h1-30H. The van der Waals surface area contributed by atoms with Crippen LogP contribution in [0.15, 0.2) is 187 Å². The summed E-state index contributed by atoms with van der Waals surface area (Å²) >= 11 is 0. The number of hydrogen-bond acceptors (Lipinski definition) is 3. The molecule has 0 amide bonds. The Morgan fingerprint density at radius 3 is 1.71 bits per heavy atom. The molecule has 0 radical (unpaired) electrons. The predicted molar refractivity (Wildman–Crippen MR) is 200 cm³/mol. The van der Waals surface area contributed by atoms with Crippen LogP contribution in [0.2, 0.25) is 0 Å². The van der Waals surface area contributed by atoms with Gasteiger partial charge < -0.3 is 9.32 Å². The summed E-state index contributed by atoms with van der Waals surface area (Å²) in [5.74, 6) is 0. The largest absolute Gasteiger partial charge is 0.438 e. The molecule has 7 aromatic carbocycles. The third-order valence-corrected chi connectivity index (χ3v) is 9.13. The van der Waals surface area contributed by atoms with Crippen molar-refractivity contribution < 1.29 is 4.42 Å². The van der Waals surface area contributed by atoms with Crippen molar-refractivity contribution in [1.82, 2.24) is 4.98 Å². The Morgan fingerprint density at radius 1 is 0.417 bits per heavy atom. The summed E-state index contributed by atoms with van der Waals surface area (Å²) in [6.45, 7) is 0. The summed E-state index contributed by atoms with van der Waals surface area (Å²) in [6, 6.07) is 62.3. The summed E-state index contributed by atoms with van der Waals surface area (Å²) in [6.07, 6.45) is 1.91. The van der Waals surface area contributed by atoms with Crippen LogP contribution >= 0.6 is 0 Å². The number of rotatable bonds is 6. The molecule has 0 fully saturated rings. The lowest BCUT2D eigenvalue weighted by atomic mass is 9.93. The highest BCUT2D eigenvalue weighted by Gasteiger charge is 2.19. The summed E-state index contributed by atoms with van der Waals surface area (Å²) < 4.78 is 6.18. The van der Waals surface area contributed by atoms with E-state index in [1.807, 2.05) is 18.3 Å². The minimum atomic E-state index is 0.651. The van der Waals surface area contributed by atoms with Crippen molar-refractivity contribution in [3.63, 3.8) is 0 Å². The van der Waals surface area contributed by atoms with Crippen LogP contribution in [0.25, 0.3) is 66.2 Å². The first-order chi connectivity index (χ1) is 23.8. The molecule has 0 spiro atoms. The van der Waals surface area contributed by atoms with Crippen molar-refractivity contribution in [2.24, 2.45) is 0 Å². The fraction of sp³-hybridized carbons (Fsp3) is 0. The summed E-state index contributed by atoms with van der Waals surface area (Å²) in [5.41, 5.74) is 11.8. The van der Waals surface area contributed by atoms with Gasteiger partial charge in [-0.3, -0.25) is 0 Å². The smallest absolute Gasteiger partial charge is 0.227 e. The van der Waals surface area contributed by atoms with Crippen LogP contribution < -0.4 is 4.90 Å². The van der Waals surface area contributed by atoms with Gasteiger partial charge in [0.05, 0.1) is 5.39 Å². The summed E-state index contributed by atoms with van der Waals surface area (Å²) in [7, 11) is 0. The van der Waals surface area contributed by atoms with E-state index in [1.54, 1.807) is 0 Å². The Kier molecular flexibility index (Phi) is 6.80. The quantitative estimate of drug-likeness (QED) is 0.187. The summed E-state index contributed by atoms with van der Waals surface area (Å²) in [5, 5.41) is 4.29. The molecule has 0 N–H and O–H groups in total. The number of nitrogens with zero attached hydrogens (tertiary/aromatic N) is 2. The second-order valence-electron chi connectivity index (χ2n) is 12.0. The highest BCUT2D eigenvalue weighted by atomic mass is 16.3. The lowest BCUT2D eigenvalue weighted by molar-refractivity contribution is 0.654. The van der Waals surface area contributed by atoms with Crippen LogP contribution in [0.5, 0.6) is 0 Å². The Balaban J connectivity index is 1.27. The molecule has 9 rings (SSSR count). The molecule has 0 saturated carbocycles. The normalized spacial score (nSPS) is 11.3. The summed E-state index contributed by atoms with van der Waals surface area (Å²) in [4.78, 5) is 7.03. The first-order valence-corrected chi connectivity index (χ1v) is 16.2. The number of fused-ring (bicyclic) bond motifs is 5. The van der Waals surface area contributed by atoms with Gasteiger partial charge in [0, 0.05) is 34.0 Å². The number of benzene rings is 7. The number of para-hydroxylation sites is 1. The van der Waals surface area contributed by atoms with Gasteiger partial charge in [-0.1, -0.05) is 133 Å². The van der Waals surface area contributed by atoms with Crippen molar-refractivity contribution in [1.29, 1.82) is 0 Å². The molecular formula is C45H30N2O. The molecule has 9 aromatic rings. The fourth-order valence-corrected chi connectivity index (χ4v) is 6.80. The molecule has 0 aliphatic rings. The zero-order chi connectivity index (χ0) is 31.9. The second-order valence-corrected chi connectivity index (χ2v) is 12.0. The predicted octanol–water partition coefficient (Wildman–Crippen LogP) is 12.6. The SMILES string of the molecule is c1ccc(-c2ccc(N(c3ccc(-c4ccccc4)c(-c4ccccc4)c3)c3ccc4cnc5oc6ccccc6c5c4c3)cc2)cc1. The van der Waals surface area contributed by atoms with E-state index in [0.29, 0.717) is 5.71 Å². The van der Waals surface area contributed by atoms with Gasteiger partial charge in [0.1, 0.15) is 5.58 Å². The first kappa shape index (κ1) is 27.8. The maximum Gasteiger partial charge on any atom is 0.227 e. The monoisotopic (exact) mass is 614 g/mol. The van der Waals surface area contributed by atoms with Crippen LogP contribution in [0.1, 0.15) is 0 Å². The highest BCUT2D eigenvalue weighted by molar-refractivity contribution is 6.18. The van der Waals surface area contributed by atoms with Crippen LogP contribution in [0.4, 0.5) is 17.1 Å². The number of pyridine rings is 1. The van der Waals surface area contributed by atoms with Crippen molar-refractivity contribution in [2.75, 3.05) is 4.90 Å². The zero-order valence-electron chi connectivity index (χ0n) is 26.1. The average Bonchev–Trinajstić information content (AvgIpc) is 3.56. The number of anilines is 3. The minimum Gasteiger partial charge on any atom is -0.438 e. The molecule has 0 aliphatic carbocycles. The number of aromatic nitrogens is 1. The van der Waals surface area contributed by atoms with Crippen LogP contribution in [-0.2, 0) is 0 Å². The van der Waals surface area contributed by atoms with Crippen molar-refractivity contribution in [3.8, 4) is 33.4 Å². The lowest BCUT2D eigenvalue weighted by Crippen LogP contribution is -2.10. The third kappa shape index (κ3) is 4.90. The van der Waals surface area contributed by atoms with Gasteiger partial charge in [-0.2, -0.15) is 0 Å². The second kappa shape index (κ2) is 11.7. The van der Waals surface area contributed by atoms with Gasteiger partial charge in [0.25, 0.3) is 0 Å². The van der Waals surface area contributed by atoms with Gasteiger partial charge in [0.15, 0.2) is 0 Å². The molecule has 0 bridgehead atoms. The van der Waals surface area contributed by atoms with E-state index in [4.69, 9.17) is 4.42 Å². The number of hydrogen-bond donors (Lipinski definition) is 0. The van der Waals surface area contributed by atoms with Crippen molar-refractivity contribution in [2.45, 2.75) is 0 Å². The van der Waals surface area contributed by atoms with Crippen LogP contribution in [-0.4, -0.2) is 4.98 Å². The molecule has 3 heteroatoms. The topological polar surface area (TPSA) is 29.3 Å². The third-order valence-electron chi connectivity index (χ3n) is 9.13. The Labute approximate surface area is 279 Å². The van der Waals surface area contributed by atoms with Gasteiger partial charge in [-0.15, -0.1) is 0 Å². The molecule has 48 heavy (non-hydrogen) atoms. The molecular weight excluding hydrogens is 585 g/mol. The molecule has 2 heterocycles. The average molecular weight is 615 g/mol. The van der Waals surface area contributed by atoms with Gasteiger partial charge in [-0.25, -0.2) is 4.98 Å². The van der Waals surface area contributed by atoms with Crippen molar-refractivity contribution in [3.05, 3.63) is 182 Å². The first-order valence-electron chi connectivity index (χ1n) is 16.2. The molecule has 0 aliphatic heterocycles.